The van der Waals surface area contributed by atoms with Gasteiger partial charge >= 0.3 is 0 Å². The molecule has 0 bridgehead atoms. The van der Waals surface area contributed by atoms with Crippen molar-refractivity contribution in [3.63, 3.8) is 0 Å². The normalized spacial score (nSPS) is 20.7. The molecule has 0 radical (unpaired) electrons. The second-order valence-electron chi connectivity index (χ2n) is 5.79. The first-order valence-electron chi connectivity index (χ1n) is 6.57. The molecule has 1 amide bonds. The lowest BCUT2D eigenvalue weighted by molar-refractivity contribution is -0.118. The molecule has 0 spiro atoms. The van der Waals surface area contributed by atoms with Crippen molar-refractivity contribution in [1.82, 2.24) is 15.1 Å². The Labute approximate surface area is 108 Å². The molecule has 1 aliphatic rings. The fourth-order valence-electron chi connectivity index (χ4n) is 2.22. The van der Waals surface area contributed by atoms with Gasteiger partial charge in [0.25, 0.3) is 0 Å². The lowest BCUT2D eigenvalue weighted by Gasteiger charge is -2.25. The zero-order chi connectivity index (χ0) is 13.2. The van der Waals surface area contributed by atoms with E-state index in [9.17, 15) is 4.79 Å². The Morgan fingerprint density at radius 1 is 1.50 bits per heavy atom. The maximum atomic E-state index is 12.1. The van der Waals surface area contributed by atoms with Crippen LogP contribution in [0.25, 0.3) is 0 Å². The Morgan fingerprint density at radius 2 is 2.28 bits per heavy atom. The summed E-state index contributed by atoms with van der Waals surface area (Å²) in [5, 5.41) is 10.5. The first kappa shape index (κ1) is 13.1. The fourth-order valence-corrected chi connectivity index (χ4v) is 2.22. The van der Waals surface area contributed by atoms with E-state index in [2.05, 4.69) is 36.5 Å². The lowest BCUT2D eigenvalue weighted by Crippen LogP contribution is -2.44. The van der Waals surface area contributed by atoms with Gasteiger partial charge in [0.1, 0.15) is 5.82 Å². The van der Waals surface area contributed by atoms with Crippen LogP contribution >= 0.6 is 0 Å². The molecule has 2 N–H and O–H groups in total. The summed E-state index contributed by atoms with van der Waals surface area (Å²) >= 11 is 0. The molecule has 0 aliphatic carbocycles. The van der Waals surface area contributed by atoms with E-state index in [-0.39, 0.29) is 17.5 Å². The molecule has 100 valence electrons. The largest absolute Gasteiger partial charge is 0.310 e. The third-order valence-electron chi connectivity index (χ3n) is 3.16. The summed E-state index contributed by atoms with van der Waals surface area (Å²) in [5.41, 5.74) is -0.133. The van der Waals surface area contributed by atoms with Crippen molar-refractivity contribution in [1.29, 1.82) is 0 Å². The minimum atomic E-state index is -0.133. The molecule has 0 unspecified atom stereocenters. The lowest BCUT2D eigenvalue weighted by atomic mass is 10.0. The average molecular weight is 250 g/mol. The molecule has 0 saturated carbocycles. The maximum Gasteiger partial charge on any atom is 0.242 e. The summed E-state index contributed by atoms with van der Waals surface area (Å²) in [6.45, 7) is 7.12. The Hall–Kier alpha value is -1.36. The molecule has 0 aromatic carbocycles. The number of hydrogen-bond acceptors (Lipinski definition) is 3. The van der Waals surface area contributed by atoms with E-state index >= 15 is 0 Å². The second-order valence-corrected chi connectivity index (χ2v) is 5.79. The molecule has 2 rings (SSSR count). The number of piperidine rings is 1. The summed E-state index contributed by atoms with van der Waals surface area (Å²) in [6.07, 6.45) is 4.90. The van der Waals surface area contributed by atoms with E-state index in [4.69, 9.17) is 0 Å². The molecule has 2 heterocycles. The smallest absolute Gasteiger partial charge is 0.242 e. The van der Waals surface area contributed by atoms with Gasteiger partial charge < -0.3 is 10.6 Å². The third-order valence-corrected chi connectivity index (χ3v) is 3.16. The summed E-state index contributed by atoms with van der Waals surface area (Å²) in [6, 6.07) is 1.77. The number of nitrogens with zero attached hydrogens (tertiary/aromatic N) is 2. The van der Waals surface area contributed by atoms with E-state index in [1.54, 1.807) is 6.20 Å². The minimum absolute atomic E-state index is 0.0423. The van der Waals surface area contributed by atoms with E-state index in [0.29, 0.717) is 0 Å². The molecule has 1 aromatic heterocycles. The first-order valence-corrected chi connectivity index (χ1v) is 6.57. The van der Waals surface area contributed by atoms with Crippen molar-refractivity contribution in [3.05, 3.63) is 12.3 Å². The van der Waals surface area contributed by atoms with Crippen molar-refractivity contribution in [2.24, 2.45) is 0 Å². The number of amides is 1. The molecule has 5 heteroatoms. The maximum absolute atomic E-state index is 12.1. The number of rotatable bonds is 2. The highest BCUT2D eigenvalue weighted by molar-refractivity contribution is 5.94. The third kappa shape index (κ3) is 2.90. The predicted molar refractivity (Wildman–Crippen MR) is 71.5 cm³/mol. The average Bonchev–Trinajstić information content (AvgIpc) is 2.78. The molecule has 1 fully saturated rings. The van der Waals surface area contributed by atoms with Crippen LogP contribution in [-0.4, -0.2) is 28.3 Å². The van der Waals surface area contributed by atoms with Gasteiger partial charge in [-0.15, -0.1) is 0 Å². The van der Waals surface area contributed by atoms with Gasteiger partial charge in [-0.05, 0) is 40.2 Å². The van der Waals surface area contributed by atoms with E-state index in [1.807, 2.05) is 10.7 Å². The number of carbonyl (C=O) groups excluding carboxylic acids is 1. The van der Waals surface area contributed by atoms with Crippen LogP contribution in [0.15, 0.2) is 12.3 Å². The number of aromatic nitrogens is 2. The SMILES string of the molecule is CC(C)(C)n1nccc1NC(=O)[C@@H]1CCCCN1. The summed E-state index contributed by atoms with van der Waals surface area (Å²) < 4.78 is 1.84. The summed E-state index contributed by atoms with van der Waals surface area (Å²) in [5.74, 6) is 0.806. The van der Waals surface area contributed by atoms with Crippen LogP contribution in [0.1, 0.15) is 40.0 Å². The van der Waals surface area contributed by atoms with Crippen molar-refractivity contribution < 1.29 is 4.79 Å². The highest BCUT2D eigenvalue weighted by atomic mass is 16.2. The van der Waals surface area contributed by atoms with Crippen molar-refractivity contribution in [3.8, 4) is 0 Å². The zero-order valence-corrected chi connectivity index (χ0v) is 11.4. The van der Waals surface area contributed by atoms with Gasteiger partial charge in [-0.2, -0.15) is 5.10 Å². The minimum Gasteiger partial charge on any atom is -0.310 e. The number of hydrogen-bond donors (Lipinski definition) is 2. The van der Waals surface area contributed by atoms with Crippen LogP contribution in [0.2, 0.25) is 0 Å². The quantitative estimate of drug-likeness (QED) is 0.840. The molecule has 1 atom stereocenters. The number of carbonyl (C=O) groups is 1. The topological polar surface area (TPSA) is 59.0 Å². The molecule has 18 heavy (non-hydrogen) atoms. The Balaban J connectivity index is 2.05. The Morgan fingerprint density at radius 3 is 2.89 bits per heavy atom. The van der Waals surface area contributed by atoms with Gasteiger partial charge in [0.2, 0.25) is 5.91 Å². The van der Waals surface area contributed by atoms with Crippen molar-refractivity contribution in [2.75, 3.05) is 11.9 Å². The zero-order valence-electron chi connectivity index (χ0n) is 11.4. The second kappa shape index (κ2) is 5.10. The highest BCUT2D eigenvalue weighted by Crippen LogP contribution is 2.19. The molecule has 1 saturated heterocycles. The van der Waals surface area contributed by atoms with Gasteiger partial charge in [0, 0.05) is 6.07 Å². The van der Waals surface area contributed by atoms with Gasteiger partial charge in [-0.3, -0.25) is 4.79 Å². The van der Waals surface area contributed by atoms with Crippen LogP contribution in [0.5, 0.6) is 0 Å². The fraction of sp³-hybridized carbons (Fsp3) is 0.692. The van der Waals surface area contributed by atoms with E-state index < -0.39 is 0 Å². The number of nitrogens with one attached hydrogen (secondary N) is 2. The molecular formula is C13H22N4O. The predicted octanol–water partition coefficient (Wildman–Crippen LogP) is 1.72. The standard InChI is InChI=1S/C13H22N4O/c1-13(2,3)17-11(7-9-15-17)16-12(18)10-6-4-5-8-14-10/h7,9-10,14H,4-6,8H2,1-3H3,(H,16,18)/t10-/m0/s1. The number of anilines is 1. The van der Waals surface area contributed by atoms with Crippen LogP contribution < -0.4 is 10.6 Å². The molecule has 1 aromatic rings. The van der Waals surface area contributed by atoms with Crippen LogP contribution in [-0.2, 0) is 10.3 Å². The van der Waals surface area contributed by atoms with Crippen LogP contribution in [0.3, 0.4) is 0 Å². The van der Waals surface area contributed by atoms with E-state index in [0.717, 1.165) is 31.6 Å². The first-order chi connectivity index (χ1) is 8.48. The van der Waals surface area contributed by atoms with E-state index in [1.165, 1.54) is 0 Å². The van der Waals surface area contributed by atoms with Crippen LogP contribution in [0.4, 0.5) is 5.82 Å². The highest BCUT2D eigenvalue weighted by Gasteiger charge is 2.23. The van der Waals surface area contributed by atoms with Gasteiger partial charge in [0.15, 0.2) is 0 Å². The van der Waals surface area contributed by atoms with Gasteiger partial charge in [-0.25, -0.2) is 4.68 Å². The summed E-state index contributed by atoms with van der Waals surface area (Å²) in [4.78, 5) is 12.1. The van der Waals surface area contributed by atoms with Gasteiger partial charge in [-0.1, -0.05) is 6.42 Å². The Bertz CT molecular complexity index is 413. The molecule has 1 aliphatic heterocycles. The van der Waals surface area contributed by atoms with Gasteiger partial charge in [0.05, 0.1) is 17.8 Å². The van der Waals surface area contributed by atoms with Crippen molar-refractivity contribution in [2.45, 2.75) is 51.6 Å². The monoisotopic (exact) mass is 250 g/mol. The molecular weight excluding hydrogens is 228 g/mol. The van der Waals surface area contributed by atoms with Crippen molar-refractivity contribution >= 4 is 11.7 Å². The molecule has 5 nitrogen and oxygen atoms in total. The Kier molecular flexibility index (Phi) is 3.71. The van der Waals surface area contributed by atoms with Crippen LogP contribution in [0, 0.1) is 0 Å². The summed E-state index contributed by atoms with van der Waals surface area (Å²) in [7, 11) is 0.